The second-order valence-electron chi connectivity index (χ2n) is 13.0. The van der Waals surface area contributed by atoms with Crippen LogP contribution in [0.1, 0.15) is 48.9 Å². The van der Waals surface area contributed by atoms with E-state index in [2.05, 4.69) is 198 Å². The average molecular weight is 657 g/mol. The van der Waals surface area contributed by atoms with Crippen molar-refractivity contribution in [2.24, 2.45) is 0 Å². The number of allylic oxidation sites excluding steroid dienone is 6. The number of ether oxygens (including phenoxy) is 1. The van der Waals surface area contributed by atoms with E-state index in [1.165, 1.54) is 33.3 Å². The Bertz CT molecular complexity index is 2320. The van der Waals surface area contributed by atoms with Gasteiger partial charge in [0.05, 0.1) is 0 Å². The molecule has 0 amide bonds. The van der Waals surface area contributed by atoms with E-state index in [-0.39, 0.29) is 5.92 Å². The van der Waals surface area contributed by atoms with Crippen LogP contribution in [0.25, 0.3) is 44.4 Å². The summed E-state index contributed by atoms with van der Waals surface area (Å²) in [6.45, 7) is 12.7. The number of benzene rings is 6. The maximum atomic E-state index is 6.63. The molecule has 0 aromatic heterocycles. The Hall–Kier alpha value is -5.99. The Balaban J connectivity index is 1.33. The predicted octanol–water partition coefficient (Wildman–Crippen LogP) is 12.6. The van der Waals surface area contributed by atoms with Crippen molar-refractivity contribution in [1.82, 2.24) is 0 Å². The van der Waals surface area contributed by atoms with Crippen molar-refractivity contribution in [2.45, 2.75) is 26.7 Å². The van der Waals surface area contributed by atoms with Gasteiger partial charge in [-0.1, -0.05) is 36.9 Å². The average Bonchev–Trinajstić information content (AvgIpc) is 3.53. The number of fused-ring (bicyclic) bond motifs is 1. The van der Waals surface area contributed by atoms with Crippen molar-refractivity contribution in [3.05, 3.63) is 211 Å². The normalized spacial score (nSPS) is 15.2. The summed E-state index contributed by atoms with van der Waals surface area (Å²) < 4.78 is 6.63. The number of hydrogen-bond acceptors (Lipinski definition) is 1. The van der Waals surface area contributed by atoms with Crippen molar-refractivity contribution < 1.29 is 4.74 Å². The summed E-state index contributed by atoms with van der Waals surface area (Å²) in [7, 11) is 0. The third kappa shape index (κ3) is 7.32. The van der Waals surface area contributed by atoms with Crippen molar-refractivity contribution >= 4 is 23.4 Å². The van der Waals surface area contributed by atoms with E-state index in [9.17, 15) is 0 Å². The van der Waals surface area contributed by atoms with Gasteiger partial charge in [0.2, 0.25) is 0 Å². The Morgan fingerprint density at radius 1 is 0.608 bits per heavy atom. The van der Waals surface area contributed by atoms with Gasteiger partial charge in [0, 0.05) is 0 Å². The zero-order valence-corrected chi connectivity index (χ0v) is 29.5. The van der Waals surface area contributed by atoms with Crippen LogP contribution in [0.4, 0.5) is 0 Å². The molecule has 1 atom stereocenters. The molecule has 51 heavy (non-hydrogen) atoms. The van der Waals surface area contributed by atoms with Gasteiger partial charge in [0.25, 0.3) is 0 Å². The molecule has 246 valence electrons. The Morgan fingerprint density at radius 3 is 1.86 bits per heavy atom. The number of rotatable bonds is 9. The predicted molar refractivity (Wildman–Crippen MR) is 220 cm³/mol. The molecule has 0 saturated carbocycles. The van der Waals surface area contributed by atoms with E-state index in [4.69, 9.17) is 4.74 Å². The summed E-state index contributed by atoms with van der Waals surface area (Å²) in [4.78, 5) is 0. The second-order valence-corrected chi connectivity index (χ2v) is 13.0. The van der Waals surface area contributed by atoms with E-state index < -0.39 is 0 Å². The summed E-state index contributed by atoms with van der Waals surface area (Å²) in [5.41, 5.74) is 15.1. The van der Waals surface area contributed by atoms with Gasteiger partial charge in [-0.15, -0.1) is 0 Å². The van der Waals surface area contributed by atoms with Gasteiger partial charge in [0.15, 0.2) is 0 Å². The van der Waals surface area contributed by atoms with E-state index >= 15 is 0 Å². The fraction of sp³-hybridized carbons (Fsp3) is 0.0816. The van der Waals surface area contributed by atoms with Gasteiger partial charge < -0.3 is 0 Å². The van der Waals surface area contributed by atoms with Gasteiger partial charge in [-0.25, -0.2) is 0 Å². The first-order chi connectivity index (χ1) is 25.0. The fourth-order valence-electron chi connectivity index (χ4n) is 6.92. The van der Waals surface area contributed by atoms with E-state index in [0.717, 1.165) is 50.4 Å². The summed E-state index contributed by atoms with van der Waals surface area (Å²) >= 11 is 0. The summed E-state index contributed by atoms with van der Waals surface area (Å²) in [5, 5.41) is 0. The first-order valence-corrected chi connectivity index (χ1v) is 17.6. The molecule has 0 saturated heterocycles. The molecule has 1 aliphatic heterocycles. The second kappa shape index (κ2) is 15.3. The first kappa shape index (κ1) is 33.5. The quantitative estimate of drug-likeness (QED) is 0.111. The molecule has 0 aliphatic carbocycles. The first-order valence-electron chi connectivity index (χ1n) is 17.6. The van der Waals surface area contributed by atoms with Crippen LogP contribution in [0.5, 0.6) is 5.75 Å². The SMILES string of the molecule is C=C/C=C(\C=C/C)c1cc(-c2ccccc2)cc(-c2cccc(-c3cccc(/C(B=C(C)c4ccccc4)=C4\Oc5ccccc5C4C)c3)c2)c1. The molecule has 1 unspecified atom stereocenters. The molecule has 0 radical (unpaired) electrons. The van der Waals surface area contributed by atoms with Crippen LogP contribution in [0.15, 0.2) is 188 Å². The number of hydrogen-bond donors (Lipinski definition) is 0. The third-order valence-electron chi connectivity index (χ3n) is 9.57. The van der Waals surface area contributed by atoms with Gasteiger partial charge in [0.1, 0.15) is 0 Å². The van der Waals surface area contributed by atoms with Gasteiger partial charge in [-0.3, -0.25) is 0 Å². The van der Waals surface area contributed by atoms with Crippen molar-refractivity contribution in [3.8, 4) is 39.1 Å². The van der Waals surface area contributed by atoms with E-state index in [1.807, 2.05) is 12.1 Å². The molecular formula is C49H41BO. The van der Waals surface area contributed by atoms with E-state index in [0.29, 0.717) is 0 Å². The molecule has 0 spiro atoms. The molecular weight excluding hydrogens is 615 g/mol. The summed E-state index contributed by atoms with van der Waals surface area (Å²) in [5.74, 6) is 2.05. The molecule has 1 heterocycles. The van der Waals surface area contributed by atoms with Gasteiger partial charge in [-0.05, 0) is 6.92 Å². The molecule has 7 rings (SSSR count). The minimum absolute atomic E-state index is 0.136. The van der Waals surface area contributed by atoms with Crippen LogP contribution in [-0.2, 0) is 0 Å². The fourth-order valence-corrected chi connectivity index (χ4v) is 6.92. The third-order valence-corrected chi connectivity index (χ3v) is 9.57. The zero-order chi connectivity index (χ0) is 35.2. The van der Waals surface area contributed by atoms with Crippen LogP contribution in [-0.4, -0.2) is 12.4 Å². The van der Waals surface area contributed by atoms with Crippen LogP contribution in [0.2, 0.25) is 0 Å². The van der Waals surface area contributed by atoms with Crippen LogP contribution in [0, 0.1) is 0 Å². The van der Waals surface area contributed by atoms with Gasteiger partial charge in [-0.2, -0.15) is 0 Å². The topological polar surface area (TPSA) is 9.23 Å². The monoisotopic (exact) mass is 656 g/mol. The molecule has 1 nitrogen and oxygen atoms in total. The van der Waals surface area contributed by atoms with E-state index in [1.54, 1.807) is 0 Å². The Morgan fingerprint density at radius 2 is 1.16 bits per heavy atom. The van der Waals surface area contributed by atoms with Crippen LogP contribution < -0.4 is 4.74 Å². The Kier molecular flexibility index (Phi) is 10.0. The van der Waals surface area contributed by atoms with Crippen molar-refractivity contribution in [2.75, 3.05) is 0 Å². The van der Waals surface area contributed by atoms with Crippen molar-refractivity contribution in [3.63, 3.8) is 0 Å². The zero-order valence-electron chi connectivity index (χ0n) is 29.5. The maximum absolute atomic E-state index is 6.63. The summed E-state index contributed by atoms with van der Waals surface area (Å²) in [6.07, 6.45) is 8.15. The Labute approximate surface area is 303 Å². The number of para-hydroxylation sites is 1. The van der Waals surface area contributed by atoms with Crippen molar-refractivity contribution in [1.29, 1.82) is 0 Å². The molecule has 6 aromatic rings. The molecule has 0 fully saturated rings. The minimum atomic E-state index is 0.136. The summed E-state index contributed by atoms with van der Waals surface area (Å²) in [6, 6.07) is 54.1. The van der Waals surface area contributed by atoms with Crippen LogP contribution >= 0.6 is 0 Å². The molecule has 6 aromatic carbocycles. The molecule has 0 bridgehead atoms. The molecule has 0 N–H and O–H groups in total. The standard InChI is InChI=1S/C49H41BO/c1-5-17-37(18-6-2)43-31-44(38-21-11-8-12-22-38)33-45(32-43)41-25-15-23-39(29-41)40-24-16-26-42(30-40)48(50-35(4)36-19-9-7-10-20-36)49-34(3)46-27-13-14-28-47(46)51-49/h5-34H,1H2,2-4H3/b18-6-,37-17+,49-48+. The van der Waals surface area contributed by atoms with Gasteiger partial charge >= 0.3 is 261 Å². The van der Waals surface area contributed by atoms with Crippen LogP contribution in [0.3, 0.4) is 0 Å². The molecule has 2 heteroatoms. The molecule has 1 aliphatic rings.